The van der Waals surface area contributed by atoms with Gasteiger partial charge < -0.3 is 18.6 Å². The minimum absolute atomic E-state index is 0.0726. The maximum atomic E-state index is 12.5. The lowest BCUT2D eigenvalue weighted by molar-refractivity contribution is -0.200. The van der Waals surface area contributed by atoms with E-state index in [9.17, 15) is 9.59 Å². The third-order valence-corrected chi connectivity index (χ3v) is 10.5. The number of aryl methyl sites for hydroxylation is 1. The molecular formula is C19H32N2O6Si. The lowest BCUT2D eigenvalue weighted by Gasteiger charge is -2.37. The van der Waals surface area contributed by atoms with Crippen LogP contribution in [0.15, 0.2) is 15.7 Å². The van der Waals surface area contributed by atoms with Crippen LogP contribution in [0.5, 0.6) is 0 Å². The van der Waals surface area contributed by atoms with Crippen LogP contribution in [0.4, 0.5) is 0 Å². The first kappa shape index (κ1) is 21.4. The minimum Gasteiger partial charge on any atom is -0.414 e. The van der Waals surface area contributed by atoms with Crippen molar-refractivity contribution in [2.75, 3.05) is 6.61 Å². The van der Waals surface area contributed by atoms with Crippen LogP contribution in [-0.2, 0) is 18.6 Å². The molecule has 2 aliphatic heterocycles. The molecule has 0 saturated carbocycles. The number of aromatic nitrogens is 2. The molecule has 158 valence electrons. The Morgan fingerprint density at radius 3 is 2.39 bits per heavy atom. The molecule has 0 aromatic carbocycles. The minimum atomic E-state index is -1.98. The first-order chi connectivity index (χ1) is 12.7. The van der Waals surface area contributed by atoms with E-state index < -0.39 is 37.7 Å². The fraction of sp³-hybridized carbons (Fsp3) is 0.789. The highest BCUT2D eigenvalue weighted by atomic mass is 28.4. The lowest BCUT2D eigenvalue weighted by Crippen LogP contribution is -2.44. The molecule has 0 bridgehead atoms. The monoisotopic (exact) mass is 412 g/mol. The van der Waals surface area contributed by atoms with Crippen molar-refractivity contribution in [3.63, 3.8) is 0 Å². The van der Waals surface area contributed by atoms with Crippen LogP contribution in [0.1, 0.15) is 46.5 Å². The molecule has 0 spiro atoms. The van der Waals surface area contributed by atoms with Crippen LogP contribution in [0.25, 0.3) is 0 Å². The van der Waals surface area contributed by atoms with E-state index in [-0.39, 0.29) is 17.2 Å². The molecule has 8 nitrogen and oxygen atoms in total. The molecule has 28 heavy (non-hydrogen) atoms. The van der Waals surface area contributed by atoms with Gasteiger partial charge in [-0.2, -0.15) is 0 Å². The molecule has 1 aromatic heterocycles. The fourth-order valence-corrected chi connectivity index (χ4v) is 4.46. The van der Waals surface area contributed by atoms with E-state index in [1.165, 1.54) is 10.6 Å². The largest absolute Gasteiger partial charge is 0.414 e. The zero-order valence-corrected chi connectivity index (χ0v) is 19.0. The van der Waals surface area contributed by atoms with Crippen LogP contribution in [-0.4, -0.2) is 48.6 Å². The van der Waals surface area contributed by atoms with E-state index in [0.717, 1.165) is 0 Å². The number of fused-ring (bicyclic) bond motifs is 1. The van der Waals surface area contributed by atoms with E-state index >= 15 is 0 Å². The van der Waals surface area contributed by atoms with Crippen molar-refractivity contribution in [3.8, 4) is 0 Å². The zero-order valence-electron chi connectivity index (χ0n) is 18.0. The molecule has 3 rings (SSSR count). The average Bonchev–Trinajstić information content (AvgIpc) is 2.97. The molecule has 0 unspecified atom stereocenters. The summed E-state index contributed by atoms with van der Waals surface area (Å²) in [5, 5.41) is 0.0726. The normalized spacial score (nSPS) is 29.9. The highest BCUT2D eigenvalue weighted by Crippen LogP contribution is 2.44. The second kappa shape index (κ2) is 6.91. The van der Waals surface area contributed by atoms with Gasteiger partial charge in [0.2, 0.25) is 0 Å². The summed E-state index contributed by atoms with van der Waals surface area (Å²) in [5.41, 5.74) is -0.445. The number of hydrogen-bond donors (Lipinski definition) is 1. The maximum Gasteiger partial charge on any atom is 0.330 e. The van der Waals surface area contributed by atoms with E-state index in [1.54, 1.807) is 6.92 Å². The topological polar surface area (TPSA) is 91.8 Å². The Kier molecular flexibility index (Phi) is 5.29. The molecule has 0 radical (unpaired) electrons. The summed E-state index contributed by atoms with van der Waals surface area (Å²) in [5.74, 6) is -0.785. The van der Waals surface area contributed by atoms with Crippen LogP contribution in [0.2, 0.25) is 18.1 Å². The van der Waals surface area contributed by atoms with Gasteiger partial charge in [0, 0.05) is 11.8 Å². The second-order valence-corrected chi connectivity index (χ2v) is 14.5. The third-order valence-electron chi connectivity index (χ3n) is 5.96. The van der Waals surface area contributed by atoms with Gasteiger partial charge in [-0.25, -0.2) is 4.79 Å². The number of nitrogens with one attached hydrogen (secondary N) is 1. The van der Waals surface area contributed by atoms with Crippen molar-refractivity contribution in [1.82, 2.24) is 9.55 Å². The standard InChI is InChI=1S/C19H32N2O6Si/c1-11-9-13(22)20-17(23)21(11)16-15-14(26-19(5,6)27-15)12(25-16)10-24-28(7,8)18(2,3)4/h9,12,14-16H,10H2,1-8H3,(H,20,22,23)/t12-,14-,15-,16-/m1/s1. The number of rotatable bonds is 4. The molecule has 2 saturated heterocycles. The van der Waals surface area contributed by atoms with Crippen LogP contribution >= 0.6 is 0 Å². The summed E-state index contributed by atoms with van der Waals surface area (Å²) in [6, 6.07) is 1.38. The van der Waals surface area contributed by atoms with E-state index in [1.807, 2.05) is 13.8 Å². The molecule has 2 fully saturated rings. The van der Waals surface area contributed by atoms with Crippen LogP contribution < -0.4 is 11.2 Å². The lowest BCUT2D eigenvalue weighted by atomic mass is 10.1. The van der Waals surface area contributed by atoms with Crippen molar-refractivity contribution in [2.24, 2.45) is 0 Å². The summed E-state index contributed by atoms with van der Waals surface area (Å²) in [6.07, 6.45) is -1.89. The molecule has 4 atom stereocenters. The van der Waals surface area contributed by atoms with Gasteiger partial charge in [-0.15, -0.1) is 0 Å². The molecule has 0 aliphatic carbocycles. The maximum absolute atomic E-state index is 12.5. The van der Waals surface area contributed by atoms with Gasteiger partial charge >= 0.3 is 5.69 Å². The van der Waals surface area contributed by atoms with Crippen molar-refractivity contribution in [3.05, 3.63) is 32.6 Å². The summed E-state index contributed by atoms with van der Waals surface area (Å²) in [7, 11) is -1.98. The smallest absolute Gasteiger partial charge is 0.330 e. The highest BCUT2D eigenvalue weighted by Gasteiger charge is 2.56. The number of hydrogen-bond acceptors (Lipinski definition) is 6. The van der Waals surface area contributed by atoms with Gasteiger partial charge in [0.15, 0.2) is 20.3 Å². The van der Waals surface area contributed by atoms with E-state index in [2.05, 4.69) is 38.8 Å². The van der Waals surface area contributed by atoms with Crippen LogP contribution in [0.3, 0.4) is 0 Å². The third kappa shape index (κ3) is 3.91. The Labute approximate surface area is 166 Å². The van der Waals surface area contributed by atoms with Crippen molar-refractivity contribution in [1.29, 1.82) is 0 Å². The molecule has 0 amide bonds. The second-order valence-electron chi connectivity index (χ2n) is 9.65. The Bertz CT molecular complexity index is 853. The quantitative estimate of drug-likeness (QED) is 0.763. The van der Waals surface area contributed by atoms with Gasteiger partial charge in [0.1, 0.15) is 18.3 Å². The van der Waals surface area contributed by atoms with Gasteiger partial charge in [-0.05, 0) is 38.9 Å². The highest BCUT2D eigenvalue weighted by molar-refractivity contribution is 6.74. The Hall–Kier alpha value is -1.26. The summed E-state index contributed by atoms with van der Waals surface area (Å²) in [6.45, 7) is 16.7. The molecule has 1 aromatic rings. The van der Waals surface area contributed by atoms with E-state index in [4.69, 9.17) is 18.6 Å². The molecule has 1 N–H and O–H groups in total. The number of ether oxygens (including phenoxy) is 3. The summed E-state index contributed by atoms with van der Waals surface area (Å²) in [4.78, 5) is 26.4. The fourth-order valence-electron chi connectivity index (χ4n) is 3.45. The molecular weight excluding hydrogens is 380 g/mol. The SMILES string of the molecule is Cc1cc(=O)[nH]c(=O)n1[C@@H]1O[C@H](CO[Si](C)(C)C(C)(C)C)[C@H]2OC(C)(C)O[C@H]21. The van der Waals surface area contributed by atoms with Crippen LogP contribution in [0, 0.1) is 6.92 Å². The van der Waals surface area contributed by atoms with Crippen molar-refractivity contribution in [2.45, 2.75) is 90.0 Å². The van der Waals surface area contributed by atoms with Crippen molar-refractivity contribution < 1.29 is 18.6 Å². The number of aromatic amines is 1. The van der Waals surface area contributed by atoms with Gasteiger partial charge in [0.25, 0.3) is 5.56 Å². The number of nitrogens with zero attached hydrogens (tertiary/aromatic N) is 1. The van der Waals surface area contributed by atoms with Gasteiger partial charge in [-0.1, -0.05) is 20.8 Å². The summed E-state index contributed by atoms with van der Waals surface area (Å²) >= 11 is 0. The number of H-pyrrole nitrogens is 1. The Morgan fingerprint density at radius 2 is 1.82 bits per heavy atom. The van der Waals surface area contributed by atoms with E-state index in [0.29, 0.717) is 12.3 Å². The molecule has 2 aliphatic rings. The first-order valence-corrected chi connectivity index (χ1v) is 12.6. The van der Waals surface area contributed by atoms with Gasteiger partial charge in [-0.3, -0.25) is 14.3 Å². The molecule has 9 heteroatoms. The Morgan fingerprint density at radius 1 is 1.21 bits per heavy atom. The first-order valence-electron chi connectivity index (χ1n) is 9.69. The summed E-state index contributed by atoms with van der Waals surface area (Å²) < 4.78 is 26.1. The zero-order chi connectivity index (χ0) is 21.1. The van der Waals surface area contributed by atoms with Gasteiger partial charge in [0.05, 0.1) is 6.61 Å². The Balaban J connectivity index is 1.89. The molecule has 3 heterocycles. The van der Waals surface area contributed by atoms with Crippen molar-refractivity contribution >= 4 is 8.32 Å². The predicted molar refractivity (Wildman–Crippen MR) is 107 cm³/mol. The average molecular weight is 413 g/mol. The predicted octanol–water partition coefficient (Wildman–Crippen LogP) is 2.28.